The zero-order chi connectivity index (χ0) is 23.3. The number of carbonyl (C=O) groups excluding carboxylic acids is 1. The van der Waals surface area contributed by atoms with Gasteiger partial charge in [0, 0.05) is 32.4 Å². The molecule has 12 heteroatoms. The quantitative estimate of drug-likeness (QED) is 0.582. The van der Waals surface area contributed by atoms with Crippen molar-refractivity contribution in [3.8, 4) is 11.5 Å². The van der Waals surface area contributed by atoms with Gasteiger partial charge in [-0.15, -0.1) is 0 Å². The van der Waals surface area contributed by atoms with E-state index in [2.05, 4.69) is 20.6 Å². The van der Waals surface area contributed by atoms with Gasteiger partial charge in [0.05, 0.1) is 18.4 Å². The van der Waals surface area contributed by atoms with Crippen LogP contribution in [0.15, 0.2) is 18.3 Å². The van der Waals surface area contributed by atoms with Crippen molar-refractivity contribution in [3.63, 3.8) is 0 Å². The van der Waals surface area contributed by atoms with E-state index in [1.165, 1.54) is 26.3 Å². The summed E-state index contributed by atoms with van der Waals surface area (Å²) in [6, 6.07) is 2.86. The summed E-state index contributed by atoms with van der Waals surface area (Å²) in [7, 11) is 2.69. The van der Waals surface area contributed by atoms with Crippen molar-refractivity contribution < 1.29 is 31.8 Å². The molecule has 0 unspecified atom stereocenters. The number of hydrogen-bond donors (Lipinski definition) is 2. The van der Waals surface area contributed by atoms with Crippen LogP contribution in [0, 0.1) is 0 Å². The average Bonchev–Trinajstić information content (AvgIpc) is 3.31. The number of benzene rings is 1. The van der Waals surface area contributed by atoms with Gasteiger partial charge in [0.1, 0.15) is 36.2 Å². The third-order valence-corrected chi connectivity index (χ3v) is 4.84. The topological polar surface area (TPSA) is 88.6 Å². The number of hydrogen-bond acceptors (Lipinski definition) is 7. The van der Waals surface area contributed by atoms with Gasteiger partial charge in [0.2, 0.25) is 5.95 Å². The highest BCUT2D eigenvalue weighted by molar-refractivity contribution is 5.98. The first-order chi connectivity index (χ1) is 15.3. The molecule has 1 aliphatic heterocycles. The van der Waals surface area contributed by atoms with Crippen LogP contribution in [0.1, 0.15) is 28.8 Å². The van der Waals surface area contributed by atoms with Gasteiger partial charge in [0.25, 0.3) is 5.91 Å². The van der Waals surface area contributed by atoms with Gasteiger partial charge in [-0.1, -0.05) is 0 Å². The molecule has 0 atom stereocenters. The molecule has 0 saturated carbocycles. The van der Waals surface area contributed by atoms with Crippen LogP contribution in [-0.2, 0) is 6.18 Å². The van der Waals surface area contributed by atoms with Crippen molar-refractivity contribution in [1.29, 1.82) is 0 Å². The predicted octanol–water partition coefficient (Wildman–Crippen LogP) is 3.87. The van der Waals surface area contributed by atoms with Gasteiger partial charge in [-0.25, -0.2) is 9.37 Å². The van der Waals surface area contributed by atoms with Gasteiger partial charge in [-0.2, -0.15) is 18.2 Å². The number of alkyl halides is 4. The zero-order valence-electron chi connectivity index (χ0n) is 17.6. The van der Waals surface area contributed by atoms with E-state index >= 15 is 0 Å². The van der Waals surface area contributed by atoms with Gasteiger partial charge < -0.3 is 25.0 Å². The number of ether oxygens (including phenoxy) is 2. The highest BCUT2D eigenvalue weighted by atomic mass is 19.4. The molecule has 1 saturated heterocycles. The Balaban J connectivity index is 1.98. The van der Waals surface area contributed by atoms with Crippen molar-refractivity contribution in [1.82, 2.24) is 14.9 Å². The minimum atomic E-state index is -4.63. The van der Waals surface area contributed by atoms with Crippen molar-refractivity contribution in [2.75, 3.05) is 51.2 Å². The Morgan fingerprint density at radius 3 is 2.53 bits per heavy atom. The van der Waals surface area contributed by atoms with Crippen LogP contribution in [0.2, 0.25) is 0 Å². The van der Waals surface area contributed by atoms with Crippen LogP contribution < -0.4 is 20.1 Å². The van der Waals surface area contributed by atoms with Gasteiger partial charge in [0.15, 0.2) is 0 Å². The SMILES string of the molecule is CNc1nc(Nc2cc(OC)c(C(=O)N3CCCC3)cc2OCCF)ncc1C(F)(F)F. The molecule has 2 heterocycles. The molecule has 1 aromatic carbocycles. The number of nitrogens with one attached hydrogen (secondary N) is 2. The van der Waals surface area contributed by atoms with Crippen molar-refractivity contribution in [2.45, 2.75) is 19.0 Å². The van der Waals surface area contributed by atoms with E-state index in [9.17, 15) is 22.4 Å². The van der Waals surface area contributed by atoms with E-state index in [4.69, 9.17) is 9.47 Å². The molecule has 0 bridgehead atoms. The van der Waals surface area contributed by atoms with Gasteiger partial charge >= 0.3 is 6.18 Å². The standard InChI is InChI=1S/C20H23F4N5O3/c1-25-17-13(20(22,23)24)11-26-19(28-17)27-14-10-15(31-2)12(9-16(14)32-8-5-21)18(30)29-6-3-4-7-29/h9-11H,3-8H2,1-2H3,(H2,25,26,27,28). The monoisotopic (exact) mass is 457 g/mol. The summed E-state index contributed by atoms with van der Waals surface area (Å²) >= 11 is 0. The molecule has 1 aromatic heterocycles. The van der Waals surface area contributed by atoms with Gasteiger partial charge in [-0.3, -0.25) is 4.79 Å². The fourth-order valence-electron chi connectivity index (χ4n) is 3.31. The first-order valence-corrected chi connectivity index (χ1v) is 9.87. The summed E-state index contributed by atoms with van der Waals surface area (Å²) in [6.07, 6.45) is -2.19. The maximum atomic E-state index is 13.1. The fraction of sp³-hybridized carbons (Fsp3) is 0.450. The lowest BCUT2D eigenvalue weighted by Crippen LogP contribution is -2.28. The highest BCUT2D eigenvalue weighted by Crippen LogP contribution is 2.37. The second kappa shape index (κ2) is 9.88. The lowest BCUT2D eigenvalue weighted by Gasteiger charge is -2.20. The Kier molecular flexibility index (Phi) is 7.21. The number of rotatable bonds is 8. The van der Waals surface area contributed by atoms with E-state index in [1.54, 1.807) is 4.90 Å². The average molecular weight is 457 g/mol. The second-order valence-corrected chi connectivity index (χ2v) is 6.91. The Bertz CT molecular complexity index is 965. The summed E-state index contributed by atoms with van der Waals surface area (Å²) in [5.41, 5.74) is -0.586. The van der Waals surface area contributed by atoms with Crippen LogP contribution in [0.5, 0.6) is 11.5 Å². The molecule has 8 nitrogen and oxygen atoms in total. The summed E-state index contributed by atoms with van der Waals surface area (Å²) in [4.78, 5) is 22.1. The molecule has 0 radical (unpaired) electrons. The number of carbonyl (C=O) groups is 1. The van der Waals surface area contributed by atoms with Crippen LogP contribution in [0.25, 0.3) is 0 Å². The molecule has 32 heavy (non-hydrogen) atoms. The smallest absolute Gasteiger partial charge is 0.421 e. The van der Waals surface area contributed by atoms with E-state index in [-0.39, 0.29) is 41.2 Å². The summed E-state index contributed by atoms with van der Waals surface area (Å²) in [5, 5.41) is 5.15. The maximum absolute atomic E-state index is 13.1. The van der Waals surface area contributed by atoms with Crippen LogP contribution in [0.4, 0.5) is 35.0 Å². The lowest BCUT2D eigenvalue weighted by atomic mass is 10.1. The minimum Gasteiger partial charge on any atom is -0.496 e. The number of amides is 1. The Hall–Kier alpha value is -3.31. The Morgan fingerprint density at radius 1 is 1.22 bits per heavy atom. The molecule has 1 aliphatic rings. The minimum absolute atomic E-state index is 0.112. The number of nitrogens with zero attached hydrogens (tertiary/aromatic N) is 3. The third-order valence-electron chi connectivity index (χ3n) is 4.84. The normalized spacial score (nSPS) is 13.8. The zero-order valence-corrected chi connectivity index (χ0v) is 17.6. The van der Waals surface area contributed by atoms with Crippen LogP contribution >= 0.6 is 0 Å². The Morgan fingerprint density at radius 2 is 1.94 bits per heavy atom. The molecule has 3 rings (SSSR count). The molecular formula is C20H23F4N5O3. The first-order valence-electron chi connectivity index (χ1n) is 9.87. The lowest BCUT2D eigenvalue weighted by molar-refractivity contribution is -0.137. The molecule has 1 fully saturated rings. The second-order valence-electron chi connectivity index (χ2n) is 6.91. The van der Waals surface area contributed by atoms with E-state index in [0.717, 1.165) is 12.8 Å². The first kappa shape index (κ1) is 23.4. The molecule has 174 valence electrons. The van der Waals surface area contributed by atoms with Gasteiger partial charge in [-0.05, 0) is 18.9 Å². The molecule has 2 N–H and O–H groups in total. The van der Waals surface area contributed by atoms with Crippen molar-refractivity contribution in [3.05, 3.63) is 29.5 Å². The summed E-state index contributed by atoms with van der Waals surface area (Å²) in [6.45, 7) is 0.180. The van der Waals surface area contributed by atoms with E-state index < -0.39 is 24.2 Å². The predicted molar refractivity (Wildman–Crippen MR) is 109 cm³/mol. The van der Waals surface area contributed by atoms with Crippen molar-refractivity contribution >= 4 is 23.4 Å². The van der Waals surface area contributed by atoms with E-state index in [1.807, 2.05) is 0 Å². The highest BCUT2D eigenvalue weighted by Gasteiger charge is 2.35. The number of likely N-dealkylation sites (tertiary alicyclic amines) is 1. The van der Waals surface area contributed by atoms with E-state index in [0.29, 0.717) is 19.3 Å². The molecular weight excluding hydrogens is 434 g/mol. The molecule has 1 amide bonds. The fourth-order valence-corrected chi connectivity index (χ4v) is 3.31. The summed E-state index contributed by atoms with van der Waals surface area (Å²) < 4.78 is 62.8. The van der Waals surface area contributed by atoms with Crippen molar-refractivity contribution in [2.24, 2.45) is 0 Å². The molecule has 0 spiro atoms. The number of anilines is 3. The number of methoxy groups -OCH3 is 1. The summed E-state index contributed by atoms with van der Waals surface area (Å²) in [5.74, 6) is -0.500. The number of aromatic nitrogens is 2. The molecule has 0 aliphatic carbocycles. The maximum Gasteiger partial charge on any atom is 0.421 e. The largest absolute Gasteiger partial charge is 0.496 e. The van der Waals surface area contributed by atoms with Crippen LogP contribution in [-0.4, -0.2) is 61.3 Å². The van der Waals surface area contributed by atoms with Crippen LogP contribution in [0.3, 0.4) is 0 Å². The number of halogens is 4. The third kappa shape index (κ3) is 5.11. The molecule has 2 aromatic rings. The Labute approximate surface area is 181 Å².